The van der Waals surface area contributed by atoms with E-state index in [0.717, 1.165) is 0 Å². The Morgan fingerprint density at radius 3 is 2.43 bits per heavy atom. The van der Waals surface area contributed by atoms with Crippen LogP contribution in [0.5, 0.6) is 0 Å². The van der Waals surface area contributed by atoms with Crippen LogP contribution in [0, 0.1) is 11.8 Å². The second-order valence-electron chi connectivity index (χ2n) is 5.69. The van der Waals surface area contributed by atoms with Crippen molar-refractivity contribution in [3.63, 3.8) is 0 Å². The number of esters is 1. The normalized spacial score (nSPS) is 32.3. The monoisotopic (exact) mass is 300 g/mol. The third kappa shape index (κ3) is 2.94. The zero-order valence-electron chi connectivity index (χ0n) is 12.1. The number of aliphatic hydroxyl groups excluding tert-OH is 1. The number of methoxy groups -OCH3 is 1. The summed E-state index contributed by atoms with van der Waals surface area (Å²) in [5, 5.41) is 18.7. The molecule has 118 valence electrons. The summed E-state index contributed by atoms with van der Waals surface area (Å²) in [6.45, 7) is 2.44. The second kappa shape index (κ2) is 5.88. The van der Waals surface area contributed by atoms with E-state index < -0.39 is 30.1 Å². The Labute approximate surface area is 122 Å². The van der Waals surface area contributed by atoms with Crippen molar-refractivity contribution in [1.29, 1.82) is 0 Å². The van der Waals surface area contributed by atoms with E-state index in [1.807, 2.05) is 6.92 Å². The fraction of sp³-hybridized carbons (Fsp3) is 0.769. The molecule has 4 atom stereocenters. The van der Waals surface area contributed by atoms with Gasteiger partial charge in [0.15, 0.2) is 0 Å². The summed E-state index contributed by atoms with van der Waals surface area (Å²) in [5.41, 5.74) is 0. The first-order valence-electron chi connectivity index (χ1n) is 6.89. The van der Waals surface area contributed by atoms with Gasteiger partial charge in [0.1, 0.15) is 6.04 Å². The average Bonchev–Trinajstić information content (AvgIpc) is 3.00. The van der Waals surface area contributed by atoms with Crippen LogP contribution in [-0.2, 0) is 14.3 Å². The molecule has 21 heavy (non-hydrogen) atoms. The molecular weight excluding hydrogens is 280 g/mol. The highest BCUT2D eigenvalue weighted by Gasteiger charge is 2.44. The maximum Gasteiger partial charge on any atom is 0.326 e. The summed E-state index contributed by atoms with van der Waals surface area (Å²) in [4.78, 5) is 37.9. The first-order valence-corrected chi connectivity index (χ1v) is 6.89. The number of nitrogens with zero attached hydrogens (tertiary/aromatic N) is 2. The topological polar surface area (TPSA) is 107 Å². The molecule has 2 rings (SSSR count). The fourth-order valence-corrected chi connectivity index (χ4v) is 3.02. The lowest BCUT2D eigenvalue weighted by atomic mass is 9.99. The van der Waals surface area contributed by atoms with Crippen molar-refractivity contribution >= 4 is 18.0 Å². The molecule has 2 aliphatic rings. The van der Waals surface area contributed by atoms with Gasteiger partial charge in [-0.05, 0) is 5.92 Å². The number of carboxylic acids is 1. The predicted octanol–water partition coefficient (Wildman–Crippen LogP) is -0.633. The van der Waals surface area contributed by atoms with Gasteiger partial charge in [-0.1, -0.05) is 6.92 Å². The minimum atomic E-state index is -1.13. The number of rotatable bonds is 2. The lowest BCUT2D eigenvalue weighted by Gasteiger charge is -2.27. The maximum atomic E-state index is 12.4. The van der Waals surface area contributed by atoms with Crippen LogP contribution in [0.2, 0.25) is 0 Å². The zero-order chi connectivity index (χ0) is 15.7. The van der Waals surface area contributed by atoms with Crippen LogP contribution < -0.4 is 0 Å². The van der Waals surface area contributed by atoms with Crippen LogP contribution >= 0.6 is 0 Å². The van der Waals surface area contributed by atoms with Gasteiger partial charge < -0.3 is 24.7 Å². The summed E-state index contributed by atoms with van der Waals surface area (Å²) in [7, 11) is 1.30. The molecule has 2 fully saturated rings. The lowest BCUT2D eigenvalue weighted by molar-refractivity contribution is -0.146. The van der Waals surface area contributed by atoms with E-state index in [4.69, 9.17) is 9.84 Å². The third-order valence-corrected chi connectivity index (χ3v) is 4.20. The average molecular weight is 300 g/mol. The first kappa shape index (κ1) is 15.6. The van der Waals surface area contributed by atoms with Crippen LogP contribution in [0.15, 0.2) is 0 Å². The van der Waals surface area contributed by atoms with Crippen LogP contribution in [-0.4, -0.2) is 76.9 Å². The van der Waals surface area contributed by atoms with Crippen molar-refractivity contribution in [3.8, 4) is 0 Å². The quantitative estimate of drug-likeness (QED) is 0.657. The molecule has 2 amide bonds. The van der Waals surface area contributed by atoms with E-state index in [1.54, 1.807) is 0 Å². The van der Waals surface area contributed by atoms with Gasteiger partial charge in [-0.15, -0.1) is 0 Å². The molecule has 2 heterocycles. The van der Waals surface area contributed by atoms with Crippen LogP contribution in [0.25, 0.3) is 0 Å². The molecule has 4 unspecified atom stereocenters. The minimum absolute atomic E-state index is 0.00354. The standard InChI is InChI=1S/C13H20N2O6/c1-7-4-14(6-9(7)12(19)21-2)13(20)15-5-8(16)3-10(15)11(17)18/h7-10,16H,3-6H2,1-2H3,(H,17,18). The molecule has 0 saturated carbocycles. The Bertz CT molecular complexity index is 454. The van der Waals surface area contributed by atoms with Crippen molar-refractivity contribution in [1.82, 2.24) is 9.80 Å². The smallest absolute Gasteiger partial charge is 0.326 e. The predicted molar refractivity (Wildman–Crippen MR) is 70.4 cm³/mol. The number of aliphatic carboxylic acids is 1. The van der Waals surface area contributed by atoms with E-state index in [0.29, 0.717) is 6.54 Å². The number of carbonyl (C=O) groups is 3. The number of aliphatic hydroxyl groups is 1. The highest BCUT2D eigenvalue weighted by Crippen LogP contribution is 2.27. The van der Waals surface area contributed by atoms with Crippen molar-refractivity contribution < 1.29 is 29.3 Å². The number of amides is 2. The molecule has 0 bridgehead atoms. The van der Waals surface area contributed by atoms with E-state index in [2.05, 4.69) is 0 Å². The first-order chi connectivity index (χ1) is 9.85. The van der Waals surface area contributed by atoms with Crippen molar-refractivity contribution in [2.45, 2.75) is 25.5 Å². The Morgan fingerprint density at radius 2 is 1.86 bits per heavy atom. The molecule has 0 spiro atoms. The van der Waals surface area contributed by atoms with Crippen LogP contribution in [0.4, 0.5) is 4.79 Å². The van der Waals surface area contributed by atoms with Gasteiger partial charge in [-0.3, -0.25) is 4.79 Å². The van der Waals surface area contributed by atoms with Crippen molar-refractivity contribution in [2.24, 2.45) is 11.8 Å². The van der Waals surface area contributed by atoms with E-state index in [1.165, 1.54) is 16.9 Å². The Kier molecular flexibility index (Phi) is 4.36. The second-order valence-corrected chi connectivity index (χ2v) is 5.69. The lowest BCUT2D eigenvalue weighted by Crippen LogP contribution is -2.47. The highest BCUT2D eigenvalue weighted by molar-refractivity contribution is 5.84. The van der Waals surface area contributed by atoms with Crippen LogP contribution in [0.1, 0.15) is 13.3 Å². The molecule has 8 nitrogen and oxygen atoms in total. The summed E-state index contributed by atoms with van der Waals surface area (Å²) in [6.07, 6.45) is -0.795. The number of ether oxygens (including phenoxy) is 1. The summed E-state index contributed by atoms with van der Waals surface area (Å²) < 4.78 is 4.71. The van der Waals surface area contributed by atoms with E-state index >= 15 is 0 Å². The van der Waals surface area contributed by atoms with Crippen LogP contribution in [0.3, 0.4) is 0 Å². The number of hydrogen-bond acceptors (Lipinski definition) is 5. The summed E-state index contributed by atoms with van der Waals surface area (Å²) in [5.74, 6) is -1.93. The molecule has 2 saturated heterocycles. The maximum absolute atomic E-state index is 12.4. The molecule has 0 aromatic carbocycles. The SMILES string of the molecule is COC(=O)C1CN(C(=O)N2CC(O)CC2C(=O)O)CC1C. The molecule has 0 aromatic heterocycles. The number of β-amino-alcohol motifs (C(OH)–C–C–N with tert-alkyl or cyclic N) is 1. The minimum Gasteiger partial charge on any atom is -0.480 e. The Hall–Kier alpha value is -1.83. The number of carboxylic acid groups (broad SMARTS) is 1. The van der Waals surface area contributed by atoms with Gasteiger partial charge in [0, 0.05) is 26.1 Å². The molecule has 8 heteroatoms. The van der Waals surface area contributed by atoms with Gasteiger partial charge in [0.25, 0.3) is 0 Å². The molecule has 0 radical (unpaired) electrons. The molecule has 2 aliphatic heterocycles. The van der Waals surface area contributed by atoms with Gasteiger partial charge >= 0.3 is 18.0 Å². The number of hydrogen-bond donors (Lipinski definition) is 2. The van der Waals surface area contributed by atoms with Gasteiger partial charge in [0.2, 0.25) is 0 Å². The number of carbonyl (C=O) groups excluding carboxylic acids is 2. The molecule has 0 aliphatic carbocycles. The summed E-state index contributed by atoms with van der Waals surface area (Å²) >= 11 is 0. The largest absolute Gasteiger partial charge is 0.480 e. The van der Waals surface area contributed by atoms with E-state index in [9.17, 15) is 19.5 Å². The Balaban J connectivity index is 2.07. The highest BCUT2D eigenvalue weighted by atomic mass is 16.5. The molecule has 0 aromatic rings. The fourth-order valence-electron chi connectivity index (χ4n) is 3.02. The van der Waals surface area contributed by atoms with Gasteiger partial charge in [-0.25, -0.2) is 9.59 Å². The zero-order valence-corrected chi connectivity index (χ0v) is 12.1. The summed E-state index contributed by atoms with van der Waals surface area (Å²) in [6, 6.07) is -1.46. The number of urea groups is 1. The number of likely N-dealkylation sites (tertiary alicyclic amines) is 2. The molecular formula is C13H20N2O6. The molecule has 2 N–H and O–H groups in total. The third-order valence-electron chi connectivity index (χ3n) is 4.20. The van der Waals surface area contributed by atoms with E-state index in [-0.39, 0.29) is 31.4 Å². The Morgan fingerprint density at radius 1 is 1.19 bits per heavy atom. The van der Waals surface area contributed by atoms with Crippen molar-refractivity contribution in [2.75, 3.05) is 26.7 Å². The van der Waals surface area contributed by atoms with Gasteiger partial charge in [0.05, 0.1) is 19.1 Å². The van der Waals surface area contributed by atoms with Crippen molar-refractivity contribution in [3.05, 3.63) is 0 Å². The van der Waals surface area contributed by atoms with Gasteiger partial charge in [-0.2, -0.15) is 0 Å².